The molecule has 0 radical (unpaired) electrons. The zero-order valence-corrected chi connectivity index (χ0v) is 9.64. The van der Waals surface area contributed by atoms with Gasteiger partial charge in [-0.05, 0) is 5.56 Å². The van der Waals surface area contributed by atoms with E-state index in [4.69, 9.17) is 4.74 Å². The largest absolute Gasteiger partial charge is 0.376 e. The van der Waals surface area contributed by atoms with Gasteiger partial charge in [-0.2, -0.15) is 5.10 Å². The van der Waals surface area contributed by atoms with Crippen molar-refractivity contribution in [2.45, 2.75) is 19.5 Å². The molecule has 1 N–H and O–H groups in total. The number of aromatic nitrogens is 3. The molecule has 1 aromatic carbocycles. The summed E-state index contributed by atoms with van der Waals surface area (Å²) in [5, 5.41) is 5.88. The first kappa shape index (κ1) is 12.6. The number of benzene rings is 1. The summed E-state index contributed by atoms with van der Waals surface area (Å²) in [6.07, 6.45) is -2.20. The lowest BCUT2D eigenvalue weighted by atomic mass is 10.2. The average molecular weight is 253 g/mol. The zero-order chi connectivity index (χ0) is 12.8. The molecule has 0 saturated heterocycles. The van der Waals surface area contributed by atoms with Crippen molar-refractivity contribution in [2.75, 3.05) is 6.61 Å². The Balaban J connectivity index is 1.72. The van der Waals surface area contributed by atoms with Crippen molar-refractivity contribution in [3.05, 3.63) is 47.5 Å². The van der Waals surface area contributed by atoms with Gasteiger partial charge in [0.2, 0.25) is 5.82 Å². The van der Waals surface area contributed by atoms with Crippen LogP contribution in [-0.4, -0.2) is 21.8 Å². The van der Waals surface area contributed by atoms with Crippen LogP contribution in [0.25, 0.3) is 0 Å². The van der Waals surface area contributed by atoms with Crippen molar-refractivity contribution in [3.63, 3.8) is 0 Å². The van der Waals surface area contributed by atoms with Crippen LogP contribution in [0.1, 0.15) is 23.6 Å². The van der Waals surface area contributed by atoms with Crippen molar-refractivity contribution in [2.24, 2.45) is 0 Å². The van der Waals surface area contributed by atoms with Gasteiger partial charge in [-0.3, -0.25) is 5.10 Å². The number of nitrogens with one attached hydrogen (secondary N) is 1. The van der Waals surface area contributed by atoms with Crippen LogP contribution in [0, 0.1) is 0 Å². The molecule has 0 atom stereocenters. The number of nitrogens with zero attached hydrogens (tertiary/aromatic N) is 2. The summed E-state index contributed by atoms with van der Waals surface area (Å²) in [6, 6.07) is 9.73. The smallest absolute Gasteiger partial charge is 0.299 e. The minimum absolute atomic E-state index is 0.409. The van der Waals surface area contributed by atoms with E-state index in [1.165, 1.54) is 0 Å². The summed E-state index contributed by atoms with van der Waals surface area (Å²) < 4.78 is 29.8. The predicted molar refractivity (Wildman–Crippen MR) is 61.1 cm³/mol. The number of ether oxygens (including phenoxy) is 1. The van der Waals surface area contributed by atoms with Crippen molar-refractivity contribution in [1.29, 1.82) is 0 Å². The summed E-state index contributed by atoms with van der Waals surface area (Å²) >= 11 is 0. The topological polar surface area (TPSA) is 50.8 Å². The molecule has 0 amide bonds. The Morgan fingerprint density at radius 1 is 1.22 bits per heavy atom. The number of alkyl halides is 2. The molecule has 1 heterocycles. The molecule has 0 fully saturated rings. The fourth-order valence-corrected chi connectivity index (χ4v) is 1.45. The van der Waals surface area contributed by atoms with E-state index in [-0.39, 0.29) is 0 Å². The Labute approximate surface area is 103 Å². The first-order valence-corrected chi connectivity index (χ1v) is 5.56. The molecule has 18 heavy (non-hydrogen) atoms. The van der Waals surface area contributed by atoms with Gasteiger partial charge in [0, 0.05) is 6.42 Å². The van der Waals surface area contributed by atoms with Gasteiger partial charge >= 0.3 is 0 Å². The second kappa shape index (κ2) is 6.20. The molecule has 0 spiro atoms. The minimum atomic E-state index is -2.64. The van der Waals surface area contributed by atoms with E-state index in [0.29, 0.717) is 25.5 Å². The second-order valence-corrected chi connectivity index (χ2v) is 3.73. The van der Waals surface area contributed by atoms with Gasteiger partial charge in [-0.1, -0.05) is 30.3 Å². The van der Waals surface area contributed by atoms with E-state index in [0.717, 1.165) is 5.56 Å². The van der Waals surface area contributed by atoms with Gasteiger partial charge in [0.25, 0.3) is 6.43 Å². The molecule has 0 unspecified atom stereocenters. The molecule has 0 aliphatic heterocycles. The molecule has 96 valence electrons. The summed E-state index contributed by atoms with van der Waals surface area (Å²) in [7, 11) is 0. The van der Waals surface area contributed by atoms with Crippen LogP contribution in [0.3, 0.4) is 0 Å². The molecule has 0 aliphatic rings. The number of rotatable bonds is 6. The summed E-state index contributed by atoms with van der Waals surface area (Å²) in [4.78, 5) is 3.66. The van der Waals surface area contributed by atoms with E-state index in [1.54, 1.807) is 0 Å². The quantitative estimate of drug-likeness (QED) is 0.805. The third-order valence-electron chi connectivity index (χ3n) is 2.34. The van der Waals surface area contributed by atoms with Gasteiger partial charge < -0.3 is 4.74 Å². The molecule has 0 aliphatic carbocycles. The second-order valence-electron chi connectivity index (χ2n) is 3.73. The van der Waals surface area contributed by atoms with Crippen LogP contribution < -0.4 is 0 Å². The lowest BCUT2D eigenvalue weighted by Crippen LogP contribution is -2.00. The average Bonchev–Trinajstić information content (AvgIpc) is 2.85. The van der Waals surface area contributed by atoms with Crippen LogP contribution >= 0.6 is 0 Å². The Bertz CT molecular complexity index is 473. The van der Waals surface area contributed by atoms with Gasteiger partial charge in [0.05, 0.1) is 13.2 Å². The highest BCUT2D eigenvalue weighted by Crippen LogP contribution is 2.13. The Kier molecular flexibility index (Phi) is 4.35. The minimum Gasteiger partial charge on any atom is -0.376 e. The Morgan fingerprint density at radius 3 is 2.67 bits per heavy atom. The Hall–Kier alpha value is -1.82. The van der Waals surface area contributed by atoms with Crippen molar-refractivity contribution in [1.82, 2.24) is 15.2 Å². The van der Waals surface area contributed by atoms with Crippen molar-refractivity contribution < 1.29 is 13.5 Å². The lowest BCUT2D eigenvalue weighted by molar-refractivity contribution is 0.122. The summed E-state index contributed by atoms with van der Waals surface area (Å²) in [6.45, 7) is 0.906. The molecule has 0 bridgehead atoms. The highest BCUT2D eigenvalue weighted by atomic mass is 19.3. The van der Waals surface area contributed by atoms with Crippen LogP contribution in [-0.2, 0) is 17.8 Å². The standard InChI is InChI=1S/C12H13F2N3O/c13-11(14)12-15-10(16-17-12)6-7-18-8-9-4-2-1-3-5-9/h1-5,11H,6-8H2,(H,15,16,17). The number of H-pyrrole nitrogens is 1. The first-order valence-electron chi connectivity index (χ1n) is 5.56. The van der Waals surface area contributed by atoms with E-state index < -0.39 is 12.2 Å². The number of halogens is 2. The predicted octanol–water partition coefficient (Wildman–Crippen LogP) is 2.50. The highest BCUT2D eigenvalue weighted by Gasteiger charge is 2.13. The maximum absolute atomic E-state index is 12.2. The van der Waals surface area contributed by atoms with E-state index in [1.807, 2.05) is 30.3 Å². The fraction of sp³-hybridized carbons (Fsp3) is 0.333. The molecule has 2 aromatic rings. The molecular weight excluding hydrogens is 240 g/mol. The fourth-order valence-electron chi connectivity index (χ4n) is 1.45. The molecule has 6 heteroatoms. The van der Waals surface area contributed by atoms with Crippen LogP contribution in [0.15, 0.2) is 30.3 Å². The number of hydrogen-bond donors (Lipinski definition) is 1. The monoisotopic (exact) mass is 253 g/mol. The van der Waals surface area contributed by atoms with Crippen LogP contribution in [0.4, 0.5) is 8.78 Å². The van der Waals surface area contributed by atoms with Gasteiger partial charge in [0.1, 0.15) is 5.82 Å². The third-order valence-corrected chi connectivity index (χ3v) is 2.34. The van der Waals surface area contributed by atoms with E-state index >= 15 is 0 Å². The van der Waals surface area contributed by atoms with E-state index in [9.17, 15) is 8.78 Å². The number of aromatic amines is 1. The van der Waals surface area contributed by atoms with Crippen molar-refractivity contribution in [3.8, 4) is 0 Å². The van der Waals surface area contributed by atoms with Crippen LogP contribution in [0.2, 0.25) is 0 Å². The highest BCUT2D eigenvalue weighted by molar-refractivity contribution is 5.13. The SMILES string of the molecule is FC(F)c1n[nH]c(CCOCc2ccccc2)n1. The van der Waals surface area contributed by atoms with Gasteiger partial charge in [0.15, 0.2) is 0 Å². The van der Waals surface area contributed by atoms with Gasteiger partial charge in [-0.25, -0.2) is 13.8 Å². The maximum Gasteiger partial charge on any atom is 0.299 e. The number of hydrogen-bond acceptors (Lipinski definition) is 3. The van der Waals surface area contributed by atoms with Crippen molar-refractivity contribution >= 4 is 0 Å². The maximum atomic E-state index is 12.2. The van der Waals surface area contributed by atoms with E-state index in [2.05, 4.69) is 15.2 Å². The first-order chi connectivity index (χ1) is 8.75. The van der Waals surface area contributed by atoms with Crippen LogP contribution in [0.5, 0.6) is 0 Å². The normalized spacial score (nSPS) is 11.1. The molecule has 2 rings (SSSR count). The van der Waals surface area contributed by atoms with Gasteiger partial charge in [-0.15, -0.1) is 0 Å². The Morgan fingerprint density at radius 2 is 2.00 bits per heavy atom. The molecule has 1 aromatic heterocycles. The summed E-state index contributed by atoms with van der Waals surface area (Å²) in [5.41, 5.74) is 1.07. The molecule has 0 saturated carbocycles. The zero-order valence-electron chi connectivity index (χ0n) is 9.64. The molecular formula is C12H13F2N3O. The summed E-state index contributed by atoms with van der Waals surface area (Å²) in [5.74, 6) is -0.0496. The lowest BCUT2D eigenvalue weighted by Gasteiger charge is -2.02. The third kappa shape index (κ3) is 3.59. The molecule has 4 nitrogen and oxygen atoms in total.